The summed E-state index contributed by atoms with van der Waals surface area (Å²) in [5.41, 5.74) is 5.28. The molecule has 0 aliphatic rings. The summed E-state index contributed by atoms with van der Waals surface area (Å²) in [6.45, 7) is 18.2. The zero-order valence-electron chi connectivity index (χ0n) is 25.4. The maximum Gasteiger partial charge on any atom is 0.513 e. The van der Waals surface area contributed by atoms with Gasteiger partial charge in [0.1, 0.15) is 18.8 Å². The van der Waals surface area contributed by atoms with E-state index in [2.05, 4.69) is 0 Å². The van der Waals surface area contributed by atoms with Gasteiger partial charge in [0.2, 0.25) is 0 Å². The smallest absolute Gasteiger partial charge is 0.461 e. The Morgan fingerprint density at radius 1 is 0.775 bits per heavy atom. The van der Waals surface area contributed by atoms with Crippen molar-refractivity contribution in [1.82, 2.24) is 0 Å². The summed E-state index contributed by atoms with van der Waals surface area (Å²) in [6.07, 6.45) is -2.68. The van der Waals surface area contributed by atoms with E-state index in [0.717, 1.165) is 0 Å². The van der Waals surface area contributed by atoms with Crippen molar-refractivity contribution in [1.29, 1.82) is 0 Å². The number of nitrogens with two attached hydrogens (primary N) is 1. The van der Waals surface area contributed by atoms with Gasteiger partial charge in [0.05, 0.1) is 18.6 Å². The Hall–Kier alpha value is -3.34. The van der Waals surface area contributed by atoms with E-state index in [1.165, 1.54) is 12.1 Å². The standard InChI is InChI=1S/C29H45NO10/c1-18(15-35-24(32)29(8,9)10)38-23(31)20(30)13-19-11-12-21(39-25(33)36-16-27(2,3)4)22(14-19)40-26(34)37-17-28(5,6)7/h11-12,14,18,20H,13,15-17,30H2,1-10H3/t18-,20-/m0/s1. The Balaban J connectivity index is 2.95. The Morgan fingerprint density at radius 2 is 1.27 bits per heavy atom. The van der Waals surface area contributed by atoms with Crippen LogP contribution in [0, 0.1) is 16.2 Å². The minimum absolute atomic E-state index is 0.00941. The largest absolute Gasteiger partial charge is 0.513 e. The Morgan fingerprint density at radius 3 is 1.75 bits per heavy atom. The lowest BCUT2D eigenvalue weighted by atomic mass is 9.97. The van der Waals surface area contributed by atoms with Crippen LogP contribution < -0.4 is 15.2 Å². The minimum atomic E-state index is -1.08. The van der Waals surface area contributed by atoms with Crippen molar-refractivity contribution >= 4 is 24.2 Å². The van der Waals surface area contributed by atoms with Crippen molar-refractivity contribution in [2.45, 2.75) is 87.8 Å². The van der Waals surface area contributed by atoms with Crippen molar-refractivity contribution in [3.05, 3.63) is 23.8 Å². The molecule has 1 rings (SSSR count). The summed E-state index contributed by atoms with van der Waals surface area (Å²) in [5, 5.41) is 0. The summed E-state index contributed by atoms with van der Waals surface area (Å²) in [5.74, 6) is -1.33. The Bertz CT molecular complexity index is 1030. The molecule has 0 unspecified atom stereocenters. The maximum atomic E-state index is 12.5. The first-order chi connectivity index (χ1) is 18.2. The van der Waals surface area contributed by atoms with Crippen molar-refractivity contribution in [2.24, 2.45) is 22.0 Å². The third-order valence-electron chi connectivity index (χ3n) is 4.78. The van der Waals surface area contributed by atoms with Gasteiger partial charge in [0.15, 0.2) is 11.5 Å². The van der Waals surface area contributed by atoms with Gasteiger partial charge in [-0.3, -0.25) is 9.59 Å². The van der Waals surface area contributed by atoms with Crippen molar-refractivity contribution in [2.75, 3.05) is 19.8 Å². The number of carbonyl (C=O) groups excluding carboxylic acids is 4. The zero-order chi connectivity index (χ0) is 30.9. The molecule has 0 radical (unpaired) electrons. The molecule has 0 saturated carbocycles. The number of benzene rings is 1. The van der Waals surface area contributed by atoms with Gasteiger partial charge in [-0.2, -0.15) is 0 Å². The normalized spacial score (nSPS) is 13.5. The number of rotatable bonds is 10. The van der Waals surface area contributed by atoms with Gasteiger partial charge >= 0.3 is 24.2 Å². The third kappa shape index (κ3) is 14.2. The molecule has 0 aliphatic carbocycles. The van der Waals surface area contributed by atoms with Gasteiger partial charge in [-0.15, -0.1) is 0 Å². The van der Waals surface area contributed by atoms with Crippen LogP contribution >= 0.6 is 0 Å². The number of esters is 2. The predicted octanol–water partition coefficient (Wildman–Crippen LogP) is 5.20. The molecule has 2 atom stereocenters. The van der Waals surface area contributed by atoms with Crippen LogP contribution in [0.5, 0.6) is 11.5 Å². The van der Waals surface area contributed by atoms with Crippen LogP contribution in [-0.4, -0.2) is 56.2 Å². The highest BCUT2D eigenvalue weighted by Crippen LogP contribution is 2.30. The van der Waals surface area contributed by atoms with Crippen LogP contribution in [-0.2, 0) is 35.0 Å². The number of hydrogen-bond acceptors (Lipinski definition) is 11. The molecule has 1 aromatic carbocycles. The first kappa shape index (κ1) is 34.7. The predicted molar refractivity (Wildman–Crippen MR) is 147 cm³/mol. The van der Waals surface area contributed by atoms with Gasteiger partial charge < -0.3 is 34.2 Å². The van der Waals surface area contributed by atoms with E-state index in [4.69, 9.17) is 34.2 Å². The molecule has 0 spiro atoms. The lowest BCUT2D eigenvalue weighted by Crippen LogP contribution is -2.37. The molecule has 0 aliphatic heterocycles. The average Bonchev–Trinajstić information content (AvgIpc) is 2.80. The van der Waals surface area contributed by atoms with Crippen LogP contribution in [0.3, 0.4) is 0 Å². The highest BCUT2D eigenvalue weighted by molar-refractivity contribution is 5.77. The molecule has 1 aromatic rings. The number of hydrogen-bond donors (Lipinski definition) is 1. The van der Waals surface area contributed by atoms with E-state index >= 15 is 0 Å². The lowest BCUT2D eigenvalue weighted by Gasteiger charge is -2.21. The van der Waals surface area contributed by atoms with Crippen LogP contribution in [0.4, 0.5) is 9.59 Å². The molecular weight excluding hydrogens is 522 g/mol. The van der Waals surface area contributed by atoms with Crippen LogP contribution in [0.1, 0.15) is 74.8 Å². The molecular formula is C29H45NO10. The fourth-order valence-corrected chi connectivity index (χ4v) is 2.70. The van der Waals surface area contributed by atoms with Crippen molar-refractivity contribution in [3.8, 4) is 11.5 Å². The van der Waals surface area contributed by atoms with Crippen LogP contribution in [0.15, 0.2) is 18.2 Å². The molecule has 2 N–H and O–H groups in total. The van der Waals surface area contributed by atoms with Gasteiger partial charge in [0, 0.05) is 0 Å². The summed E-state index contributed by atoms with van der Waals surface area (Å²) in [6, 6.07) is 3.28. The molecule has 0 heterocycles. The van der Waals surface area contributed by atoms with Gasteiger partial charge in [-0.1, -0.05) is 47.6 Å². The van der Waals surface area contributed by atoms with Crippen LogP contribution in [0.25, 0.3) is 0 Å². The second kappa shape index (κ2) is 14.3. The van der Waals surface area contributed by atoms with Crippen molar-refractivity contribution < 1.29 is 47.6 Å². The van der Waals surface area contributed by atoms with E-state index < -0.39 is 41.8 Å². The molecule has 226 valence electrons. The van der Waals surface area contributed by atoms with E-state index in [1.54, 1.807) is 33.8 Å². The van der Waals surface area contributed by atoms with Crippen molar-refractivity contribution in [3.63, 3.8) is 0 Å². The molecule has 0 amide bonds. The van der Waals surface area contributed by atoms with Gasteiger partial charge in [-0.25, -0.2) is 9.59 Å². The van der Waals surface area contributed by atoms with E-state index in [9.17, 15) is 19.2 Å². The fraction of sp³-hybridized carbons (Fsp3) is 0.655. The monoisotopic (exact) mass is 567 g/mol. The van der Waals surface area contributed by atoms with E-state index in [1.807, 2.05) is 41.5 Å². The van der Waals surface area contributed by atoms with Crippen LogP contribution in [0.2, 0.25) is 0 Å². The second-order valence-corrected chi connectivity index (χ2v) is 13.1. The first-order valence-electron chi connectivity index (χ1n) is 13.1. The Labute approximate surface area is 236 Å². The molecule has 0 fully saturated rings. The topological polar surface area (TPSA) is 150 Å². The summed E-state index contributed by atoms with van der Waals surface area (Å²) < 4.78 is 31.3. The number of carbonyl (C=O) groups is 4. The lowest BCUT2D eigenvalue weighted by molar-refractivity contribution is -0.163. The Kier molecular flexibility index (Phi) is 12.4. The molecule has 0 saturated heterocycles. The molecule has 0 bridgehead atoms. The average molecular weight is 568 g/mol. The highest BCUT2D eigenvalue weighted by atomic mass is 16.7. The maximum absolute atomic E-state index is 12.5. The molecule has 11 heteroatoms. The minimum Gasteiger partial charge on any atom is -0.461 e. The van der Waals surface area contributed by atoms with E-state index in [0.29, 0.717) is 5.56 Å². The summed E-state index contributed by atoms with van der Waals surface area (Å²) in [7, 11) is 0. The van der Waals surface area contributed by atoms with Gasteiger partial charge in [-0.05, 0) is 62.6 Å². The fourth-order valence-electron chi connectivity index (χ4n) is 2.70. The number of ether oxygens (including phenoxy) is 6. The first-order valence-corrected chi connectivity index (χ1v) is 13.1. The molecule has 0 aromatic heterocycles. The quantitative estimate of drug-likeness (QED) is 0.226. The second-order valence-electron chi connectivity index (χ2n) is 13.1. The molecule has 40 heavy (non-hydrogen) atoms. The SMILES string of the molecule is C[C@@H](COC(=O)C(C)(C)C)OC(=O)[C@@H](N)Cc1ccc(OC(=O)OCC(C)(C)C)c(OC(=O)OCC(C)(C)C)c1. The summed E-state index contributed by atoms with van der Waals surface area (Å²) in [4.78, 5) is 49.0. The van der Waals surface area contributed by atoms with Gasteiger partial charge in [0.25, 0.3) is 0 Å². The molecule has 11 nitrogen and oxygen atoms in total. The highest BCUT2D eigenvalue weighted by Gasteiger charge is 2.26. The summed E-state index contributed by atoms with van der Waals surface area (Å²) >= 11 is 0. The zero-order valence-corrected chi connectivity index (χ0v) is 25.4. The third-order valence-corrected chi connectivity index (χ3v) is 4.78. The van der Waals surface area contributed by atoms with E-state index in [-0.39, 0.29) is 48.6 Å².